The number of rotatable bonds is 3. The van der Waals surface area contributed by atoms with Crippen LogP contribution in [-0.2, 0) is 4.79 Å². The van der Waals surface area contributed by atoms with Crippen LogP contribution < -0.4 is 4.74 Å². The van der Waals surface area contributed by atoms with Crippen LogP contribution in [0.4, 0.5) is 0 Å². The molecule has 3 aromatic rings. The van der Waals surface area contributed by atoms with E-state index in [-0.39, 0.29) is 0 Å². The molecular weight excluding hydrogens is 256 g/mol. The first-order valence-electron chi connectivity index (χ1n) is 6.31. The zero-order chi connectivity index (χ0) is 14.3. The fourth-order valence-electron chi connectivity index (χ4n) is 2.11. The summed E-state index contributed by atoms with van der Waals surface area (Å²) in [5.74, 6) is -0.536. The molecule has 0 saturated heterocycles. The van der Waals surface area contributed by atoms with Gasteiger partial charge in [-0.1, -0.05) is 18.2 Å². The SMILES string of the molecule is CC(C)(Oc1ccc2c(c1)oc1ccccc12)C(=O)O. The minimum atomic E-state index is -1.28. The number of para-hydroxylation sites is 1. The number of carbonyl (C=O) groups is 1. The molecule has 0 unspecified atom stereocenters. The number of furan rings is 1. The monoisotopic (exact) mass is 270 g/mol. The lowest BCUT2D eigenvalue weighted by Crippen LogP contribution is -2.37. The lowest BCUT2D eigenvalue weighted by Gasteiger charge is -2.21. The van der Waals surface area contributed by atoms with Crippen LogP contribution >= 0.6 is 0 Å². The Morgan fingerprint density at radius 1 is 1.10 bits per heavy atom. The van der Waals surface area contributed by atoms with Gasteiger partial charge in [0.15, 0.2) is 5.60 Å². The van der Waals surface area contributed by atoms with E-state index in [1.165, 1.54) is 13.8 Å². The minimum absolute atomic E-state index is 0.476. The van der Waals surface area contributed by atoms with Crippen LogP contribution in [-0.4, -0.2) is 16.7 Å². The third-order valence-electron chi connectivity index (χ3n) is 3.24. The summed E-state index contributed by atoms with van der Waals surface area (Å²) in [4.78, 5) is 11.1. The summed E-state index contributed by atoms with van der Waals surface area (Å²) >= 11 is 0. The Morgan fingerprint density at radius 3 is 2.55 bits per heavy atom. The van der Waals surface area contributed by atoms with E-state index in [0.29, 0.717) is 11.3 Å². The van der Waals surface area contributed by atoms with Gasteiger partial charge in [0.1, 0.15) is 16.9 Å². The van der Waals surface area contributed by atoms with Crippen LogP contribution in [0.15, 0.2) is 46.9 Å². The lowest BCUT2D eigenvalue weighted by atomic mass is 10.1. The molecule has 0 spiro atoms. The van der Waals surface area contributed by atoms with Gasteiger partial charge in [-0.15, -0.1) is 0 Å². The fourth-order valence-corrected chi connectivity index (χ4v) is 2.11. The summed E-state index contributed by atoms with van der Waals surface area (Å²) in [5, 5.41) is 11.1. The van der Waals surface area contributed by atoms with E-state index in [2.05, 4.69) is 0 Å². The van der Waals surface area contributed by atoms with Gasteiger partial charge in [0.25, 0.3) is 0 Å². The smallest absolute Gasteiger partial charge is 0.347 e. The molecule has 0 aliphatic rings. The molecule has 0 atom stereocenters. The van der Waals surface area contributed by atoms with Crippen LogP contribution in [0.3, 0.4) is 0 Å². The van der Waals surface area contributed by atoms with E-state index >= 15 is 0 Å². The van der Waals surface area contributed by atoms with Crippen LogP contribution in [0.2, 0.25) is 0 Å². The molecule has 0 bridgehead atoms. The van der Waals surface area contributed by atoms with Crippen molar-refractivity contribution in [3.05, 3.63) is 42.5 Å². The molecule has 0 amide bonds. The first-order valence-corrected chi connectivity index (χ1v) is 6.31. The molecule has 102 valence electrons. The molecule has 2 aromatic carbocycles. The molecular formula is C16H14O4. The zero-order valence-electron chi connectivity index (χ0n) is 11.2. The number of fused-ring (bicyclic) bond motifs is 3. The fraction of sp³-hybridized carbons (Fsp3) is 0.188. The van der Waals surface area contributed by atoms with Crippen molar-refractivity contribution in [2.75, 3.05) is 0 Å². The van der Waals surface area contributed by atoms with Gasteiger partial charge in [-0.25, -0.2) is 4.79 Å². The van der Waals surface area contributed by atoms with Crippen LogP contribution in [0.25, 0.3) is 21.9 Å². The highest BCUT2D eigenvalue weighted by molar-refractivity contribution is 6.05. The second kappa shape index (κ2) is 4.27. The Bertz CT molecular complexity index is 798. The summed E-state index contributed by atoms with van der Waals surface area (Å²) in [6.07, 6.45) is 0. The maximum atomic E-state index is 11.1. The van der Waals surface area contributed by atoms with Gasteiger partial charge in [-0.2, -0.15) is 0 Å². The van der Waals surface area contributed by atoms with E-state index in [4.69, 9.17) is 14.3 Å². The van der Waals surface area contributed by atoms with E-state index in [9.17, 15) is 4.79 Å². The Morgan fingerprint density at radius 2 is 1.80 bits per heavy atom. The lowest BCUT2D eigenvalue weighted by molar-refractivity contribution is -0.152. The molecule has 1 aromatic heterocycles. The normalized spacial score (nSPS) is 11.9. The molecule has 20 heavy (non-hydrogen) atoms. The maximum Gasteiger partial charge on any atom is 0.347 e. The molecule has 0 aliphatic heterocycles. The topological polar surface area (TPSA) is 59.7 Å². The van der Waals surface area contributed by atoms with Crippen molar-refractivity contribution in [2.45, 2.75) is 19.4 Å². The van der Waals surface area contributed by atoms with E-state index in [0.717, 1.165) is 16.4 Å². The Labute approximate surface area is 115 Å². The highest BCUT2D eigenvalue weighted by Crippen LogP contribution is 2.32. The van der Waals surface area contributed by atoms with Crippen molar-refractivity contribution in [3.63, 3.8) is 0 Å². The van der Waals surface area contributed by atoms with E-state index in [1.807, 2.05) is 30.3 Å². The number of benzene rings is 2. The standard InChI is InChI=1S/C16H14O4/c1-16(2,15(17)18)20-10-7-8-12-11-5-3-4-6-13(11)19-14(12)9-10/h3-9H,1-2H3,(H,17,18). The number of ether oxygens (including phenoxy) is 1. The van der Waals surface area contributed by atoms with Crippen molar-refractivity contribution in [2.24, 2.45) is 0 Å². The number of hydrogen-bond donors (Lipinski definition) is 1. The molecule has 0 aliphatic carbocycles. The molecule has 4 heteroatoms. The largest absolute Gasteiger partial charge is 0.478 e. The molecule has 0 fully saturated rings. The van der Waals surface area contributed by atoms with Crippen LogP contribution in [0.1, 0.15) is 13.8 Å². The highest BCUT2D eigenvalue weighted by atomic mass is 16.5. The summed E-state index contributed by atoms with van der Waals surface area (Å²) < 4.78 is 11.2. The number of carboxylic acids is 1. The summed E-state index contributed by atoms with van der Waals surface area (Å²) in [6.45, 7) is 3.02. The Balaban J connectivity index is 2.07. The van der Waals surface area contributed by atoms with Crippen LogP contribution in [0, 0.1) is 0 Å². The second-order valence-electron chi connectivity index (χ2n) is 5.17. The first-order chi connectivity index (χ1) is 9.47. The maximum absolute atomic E-state index is 11.1. The molecule has 1 heterocycles. The van der Waals surface area contributed by atoms with Gasteiger partial charge in [-0.05, 0) is 32.0 Å². The van der Waals surface area contributed by atoms with Gasteiger partial charge in [0.05, 0.1) is 0 Å². The number of aliphatic carboxylic acids is 1. The van der Waals surface area contributed by atoms with Gasteiger partial charge >= 0.3 is 5.97 Å². The van der Waals surface area contributed by atoms with Crippen molar-refractivity contribution in [3.8, 4) is 5.75 Å². The molecule has 0 radical (unpaired) electrons. The molecule has 4 nitrogen and oxygen atoms in total. The average molecular weight is 270 g/mol. The number of hydrogen-bond acceptors (Lipinski definition) is 3. The predicted molar refractivity (Wildman–Crippen MR) is 76.1 cm³/mol. The third-order valence-corrected chi connectivity index (χ3v) is 3.24. The van der Waals surface area contributed by atoms with Crippen molar-refractivity contribution in [1.82, 2.24) is 0 Å². The van der Waals surface area contributed by atoms with Crippen molar-refractivity contribution >= 4 is 27.9 Å². The Hall–Kier alpha value is -2.49. The third kappa shape index (κ3) is 1.99. The van der Waals surface area contributed by atoms with Crippen molar-refractivity contribution in [1.29, 1.82) is 0 Å². The predicted octanol–water partition coefficient (Wildman–Crippen LogP) is 3.83. The molecule has 0 saturated carbocycles. The van der Waals surface area contributed by atoms with Crippen molar-refractivity contribution < 1.29 is 19.1 Å². The van der Waals surface area contributed by atoms with Gasteiger partial charge in [0.2, 0.25) is 0 Å². The molecule has 1 N–H and O–H groups in total. The van der Waals surface area contributed by atoms with Gasteiger partial charge in [0, 0.05) is 16.8 Å². The second-order valence-corrected chi connectivity index (χ2v) is 5.17. The summed E-state index contributed by atoms with van der Waals surface area (Å²) in [6, 6.07) is 13.1. The zero-order valence-corrected chi connectivity index (χ0v) is 11.2. The minimum Gasteiger partial charge on any atom is -0.478 e. The summed E-state index contributed by atoms with van der Waals surface area (Å²) in [7, 11) is 0. The van der Waals surface area contributed by atoms with E-state index in [1.54, 1.807) is 12.1 Å². The number of carboxylic acid groups (broad SMARTS) is 1. The Kier molecular flexibility index (Phi) is 2.67. The highest BCUT2D eigenvalue weighted by Gasteiger charge is 2.29. The van der Waals surface area contributed by atoms with Crippen LogP contribution in [0.5, 0.6) is 5.75 Å². The van der Waals surface area contributed by atoms with Gasteiger partial charge in [-0.3, -0.25) is 0 Å². The average Bonchev–Trinajstić information content (AvgIpc) is 2.75. The first kappa shape index (κ1) is 12.5. The molecule has 3 rings (SSSR count). The van der Waals surface area contributed by atoms with Gasteiger partial charge < -0.3 is 14.3 Å². The quantitative estimate of drug-likeness (QED) is 0.785. The van der Waals surface area contributed by atoms with E-state index < -0.39 is 11.6 Å². The summed E-state index contributed by atoms with van der Waals surface area (Å²) in [5.41, 5.74) is 0.210.